The Morgan fingerprint density at radius 2 is 1.28 bits per heavy atom. The van der Waals surface area contributed by atoms with Crippen molar-refractivity contribution < 1.29 is 107 Å². The summed E-state index contributed by atoms with van der Waals surface area (Å²) in [5, 5.41) is 89.5. The molecular formula is C76H84N16O22S. The van der Waals surface area contributed by atoms with E-state index in [0.29, 0.717) is 74.2 Å². The number of fused-ring (bicyclic) bond motifs is 5. The van der Waals surface area contributed by atoms with Crippen LogP contribution in [0, 0.1) is 5.41 Å². The van der Waals surface area contributed by atoms with Crippen molar-refractivity contribution in [3.63, 3.8) is 0 Å². The molecule has 7 atom stereocenters. The third-order valence-electron chi connectivity index (χ3n) is 18.1. The monoisotopic (exact) mass is 1600 g/mol. The number of nitrogens with two attached hydrogens (primary N) is 1. The number of carboxylic acids is 4. The first-order valence-corrected chi connectivity index (χ1v) is 36.7. The molecule has 9 rings (SSSR count). The zero-order valence-corrected chi connectivity index (χ0v) is 62.8. The fourth-order valence-electron chi connectivity index (χ4n) is 12.4. The number of guanidine groups is 1. The smallest absolute Gasteiger partial charge is 0.327 e. The summed E-state index contributed by atoms with van der Waals surface area (Å²) in [5.74, 6) is -15.5. The van der Waals surface area contributed by atoms with E-state index in [2.05, 4.69) is 69.9 Å². The summed E-state index contributed by atoms with van der Waals surface area (Å²) >= 11 is 0.616. The highest BCUT2D eigenvalue weighted by Crippen LogP contribution is 2.46. The molecule has 0 spiro atoms. The quantitative estimate of drug-likeness (QED) is 0.00377. The molecule has 3 aromatic heterocycles. The molecule has 0 bridgehead atoms. The Balaban J connectivity index is 0.701. The van der Waals surface area contributed by atoms with Crippen LogP contribution in [0.2, 0.25) is 0 Å². The molecule has 1 aliphatic heterocycles. The zero-order chi connectivity index (χ0) is 83.5. The van der Waals surface area contributed by atoms with E-state index in [1.165, 1.54) is 13.0 Å². The van der Waals surface area contributed by atoms with Gasteiger partial charge in [0.05, 0.1) is 23.4 Å². The Bertz CT molecular complexity index is 5120. The van der Waals surface area contributed by atoms with Crippen LogP contribution in [-0.4, -0.2) is 190 Å². The molecule has 21 N–H and O–H groups in total. The lowest BCUT2D eigenvalue weighted by Gasteiger charge is -2.25. The summed E-state index contributed by atoms with van der Waals surface area (Å²) in [6.07, 6.45) is -2.61. The number of benzene rings is 5. The summed E-state index contributed by atoms with van der Waals surface area (Å²) in [5.41, 5.74) is 15.5. The number of hydrogen-bond acceptors (Lipinski definition) is 21. The molecule has 9 amide bonds. The highest BCUT2D eigenvalue weighted by Gasteiger charge is 2.37. The number of rotatable bonds is 40. The SMILES string of the molecule is C=CC(NC(=O)COc1ccc(C(C)NNC(=O)CCn2c(O)cc(SCC(NC(=O)C(CC(=O)O)NC(=O)C(CCCNC(=N)N)NC(=O)C(CC(=O)O)NC(=O)CCCC(=O)O)C(=O)O)c2O)cc1)C(=O)Nc1ccc2[nH]c(C(=O)Nc3ccc4[nH]c(C(=O)N5CC(C)c6c5cc(OC(C)=O)c5ccccc65)cc4c3)cc2c1. The van der Waals surface area contributed by atoms with Gasteiger partial charge < -0.3 is 103 Å². The fourth-order valence-corrected chi connectivity index (χ4v) is 13.4. The van der Waals surface area contributed by atoms with Gasteiger partial charge in [0.1, 0.15) is 53.1 Å². The second kappa shape index (κ2) is 38.8. The van der Waals surface area contributed by atoms with Gasteiger partial charge in [0.25, 0.3) is 23.6 Å². The predicted molar refractivity (Wildman–Crippen MR) is 416 cm³/mol. The van der Waals surface area contributed by atoms with E-state index >= 15 is 0 Å². The first kappa shape index (κ1) is 85.0. The Morgan fingerprint density at radius 3 is 1.90 bits per heavy atom. The van der Waals surface area contributed by atoms with E-state index in [9.17, 15) is 92.7 Å². The van der Waals surface area contributed by atoms with Gasteiger partial charge in [-0.15, -0.1) is 18.3 Å². The van der Waals surface area contributed by atoms with Crippen LogP contribution in [0.1, 0.15) is 116 Å². The molecule has 8 aromatic rings. The molecule has 0 fully saturated rings. The normalized spacial score (nSPS) is 13.8. The van der Waals surface area contributed by atoms with Crippen molar-refractivity contribution in [2.45, 2.75) is 126 Å². The summed E-state index contributed by atoms with van der Waals surface area (Å²) in [4.78, 5) is 188. The number of carboxylic acid groups (broad SMARTS) is 4. The van der Waals surface area contributed by atoms with Crippen LogP contribution < -0.4 is 73.5 Å². The third kappa shape index (κ3) is 23.1. The van der Waals surface area contributed by atoms with Crippen LogP contribution in [-0.2, 0) is 64.1 Å². The predicted octanol–water partition coefficient (Wildman–Crippen LogP) is 4.00. The average Bonchev–Trinajstić information content (AvgIpc) is 1.61. The maximum absolute atomic E-state index is 14.2. The fraction of sp³-hybridized carbons (Fsp3) is 0.303. The van der Waals surface area contributed by atoms with E-state index in [1.54, 1.807) is 90.7 Å². The molecule has 0 saturated carbocycles. The summed E-state index contributed by atoms with van der Waals surface area (Å²) in [6.45, 7) is 8.30. The van der Waals surface area contributed by atoms with Crippen molar-refractivity contribution in [3.05, 3.63) is 144 Å². The highest BCUT2D eigenvalue weighted by atomic mass is 32.2. The van der Waals surface area contributed by atoms with Gasteiger partial charge in [-0.2, -0.15) is 0 Å². The van der Waals surface area contributed by atoms with Crippen molar-refractivity contribution in [2.24, 2.45) is 5.73 Å². The lowest BCUT2D eigenvalue weighted by Crippen LogP contribution is -2.58. The number of hydrazine groups is 1. The van der Waals surface area contributed by atoms with Crippen molar-refractivity contribution in [1.29, 1.82) is 5.41 Å². The van der Waals surface area contributed by atoms with Crippen LogP contribution in [0.4, 0.5) is 17.1 Å². The third-order valence-corrected chi connectivity index (χ3v) is 19.2. The standard InChI is InChI=1S/C76H84N16O22S/c1-5-48(68(104)80-43-17-21-49-41(26-43)28-52(82-49)70(106)81-44-18-22-50-42(27-44)29-55(83-50)73(109)92-34-37(2)67-47-11-7-6-10-46(47)58(32-57(67)92)114-39(4)93)84-62(96)35-113-45-19-15-40(16-20-45)38(3)89-90-61(95)23-25-91-63(97)33-59(74(91)110)115-36-56(75(111)112)88-72(108)54(31-66(102)103)87-69(105)51(12-9-24-79-76(77)78)86-71(107)53(30-65(100)101)85-60(94)13-8-14-64(98)99/h5-7,10-11,15-22,26-29,32-33,37-38,48,51,53-54,56,82-83,89,97,110H,1,8-9,12-14,23-25,30-31,34-36H2,2-4H3,(H,80,104)(H,81,106)(H,84,96)(H,85,94)(H,86,107)(H,87,105)(H,88,108)(H,90,95)(H,98,99)(H,100,101)(H,102,103)(H,111,112)(H4,77,78,79). The van der Waals surface area contributed by atoms with Gasteiger partial charge in [-0.05, 0) is 103 Å². The number of amides is 9. The summed E-state index contributed by atoms with van der Waals surface area (Å²) in [6, 6.07) is 21.1. The van der Waals surface area contributed by atoms with Crippen LogP contribution in [0.15, 0.2) is 127 Å². The Labute approximate surface area is 657 Å². The van der Waals surface area contributed by atoms with Crippen molar-refractivity contribution in [3.8, 4) is 23.3 Å². The molecule has 7 unspecified atom stereocenters. The van der Waals surface area contributed by atoms with Crippen LogP contribution >= 0.6 is 11.8 Å². The maximum Gasteiger partial charge on any atom is 0.327 e. The maximum atomic E-state index is 14.2. The van der Waals surface area contributed by atoms with Gasteiger partial charge in [0.15, 0.2) is 18.4 Å². The van der Waals surface area contributed by atoms with Crippen molar-refractivity contribution in [1.82, 2.24) is 57.3 Å². The number of thioether (sulfide) groups is 1. The average molecular weight is 1610 g/mol. The zero-order valence-electron chi connectivity index (χ0n) is 62.0. The minimum atomic E-state index is -2.02. The number of ether oxygens (including phenoxy) is 2. The number of nitrogens with one attached hydrogen (secondary N) is 13. The number of aromatic nitrogens is 3. The second-order valence-electron chi connectivity index (χ2n) is 26.7. The number of carbonyl (C=O) groups is 14. The first-order valence-electron chi connectivity index (χ1n) is 35.8. The lowest BCUT2D eigenvalue weighted by atomic mass is 9.95. The van der Waals surface area contributed by atoms with Gasteiger partial charge in [0.2, 0.25) is 35.4 Å². The van der Waals surface area contributed by atoms with E-state index in [0.717, 1.165) is 27.0 Å². The molecule has 115 heavy (non-hydrogen) atoms. The Morgan fingerprint density at radius 1 is 0.670 bits per heavy atom. The van der Waals surface area contributed by atoms with Crippen molar-refractivity contribution in [2.75, 3.05) is 41.0 Å². The Kier molecular flexibility index (Phi) is 28.7. The number of aromatic hydroxyl groups is 2. The van der Waals surface area contributed by atoms with Crippen LogP contribution in [0.25, 0.3) is 32.6 Å². The van der Waals surface area contributed by atoms with E-state index < -0.39 is 169 Å². The van der Waals surface area contributed by atoms with Gasteiger partial charge in [-0.1, -0.05) is 49.4 Å². The molecule has 1 aliphatic rings. The number of nitrogens with zero attached hydrogens (tertiary/aromatic N) is 2. The minimum absolute atomic E-state index is 0.00751. The number of carbonyl (C=O) groups excluding carboxylic acids is 10. The molecule has 4 heterocycles. The number of aliphatic carboxylic acids is 4. The molecule has 606 valence electrons. The number of esters is 1. The van der Waals surface area contributed by atoms with Crippen LogP contribution in [0.3, 0.4) is 0 Å². The summed E-state index contributed by atoms with van der Waals surface area (Å²) in [7, 11) is 0. The molecule has 0 aliphatic carbocycles. The Hall–Kier alpha value is -14.0. The lowest BCUT2D eigenvalue weighted by molar-refractivity contribution is -0.143. The van der Waals surface area contributed by atoms with Gasteiger partial charge >= 0.3 is 29.8 Å². The molecule has 0 saturated heterocycles. The number of anilines is 3. The van der Waals surface area contributed by atoms with E-state index in [1.807, 2.05) is 31.2 Å². The molecule has 0 radical (unpaired) electrons. The molecule has 5 aromatic carbocycles. The van der Waals surface area contributed by atoms with Gasteiger partial charge in [0, 0.05) is 114 Å². The summed E-state index contributed by atoms with van der Waals surface area (Å²) < 4.78 is 12.2. The first-order chi connectivity index (χ1) is 54.7. The molecule has 39 heteroatoms. The van der Waals surface area contributed by atoms with E-state index in [4.69, 9.17) is 25.7 Å². The highest BCUT2D eigenvalue weighted by molar-refractivity contribution is 7.99. The van der Waals surface area contributed by atoms with Gasteiger partial charge in [-0.25, -0.2) is 10.2 Å². The number of H-pyrrole nitrogens is 2. The number of hydrogen-bond donors (Lipinski definition) is 20. The topological polar surface area (TPSA) is 589 Å². The minimum Gasteiger partial charge on any atom is -0.494 e. The van der Waals surface area contributed by atoms with E-state index in [-0.39, 0.29) is 66.9 Å². The van der Waals surface area contributed by atoms with Crippen molar-refractivity contribution >= 4 is 150 Å². The molecular weight excluding hydrogens is 1520 g/mol. The van der Waals surface area contributed by atoms with Crippen LogP contribution in [0.5, 0.6) is 23.3 Å². The van der Waals surface area contributed by atoms with Gasteiger partial charge in [-0.3, -0.25) is 77.7 Å². The number of aromatic amines is 2. The molecule has 38 nitrogen and oxygen atoms in total. The second-order valence-corrected chi connectivity index (χ2v) is 27.8. The largest absolute Gasteiger partial charge is 0.494 e.